The van der Waals surface area contributed by atoms with Crippen LogP contribution in [0.25, 0.3) is 15.9 Å². The van der Waals surface area contributed by atoms with Crippen LogP contribution < -0.4 is 10.3 Å². The summed E-state index contributed by atoms with van der Waals surface area (Å²) < 4.78 is 7.07. The van der Waals surface area contributed by atoms with Gasteiger partial charge in [-0.2, -0.15) is 0 Å². The van der Waals surface area contributed by atoms with Crippen molar-refractivity contribution >= 4 is 56.5 Å². The Hall–Kier alpha value is -1.99. The molecular weight excluding hydrogens is 531 g/mol. The van der Waals surface area contributed by atoms with E-state index in [-0.39, 0.29) is 11.0 Å². The third-order valence-corrected chi connectivity index (χ3v) is 9.70. The first kappa shape index (κ1) is 25.7. The molecular formula is C28H28Cl2N2O2S2. The van der Waals surface area contributed by atoms with Gasteiger partial charge >= 0.3 is 0 Å². The molecule has 1 aliphatic rings. The van der Waals surface area contributed by atoms with E-state index in [1.54, 1.807) is 29.1 Å². The van der Waals surface area contributed by atoms with Gasteiger partial charge < -0.3 is 4.74 Å². The molecule has 0 fully saturated rings. The maximum atomic E-state index is 14.1. The van der Waals surface area contributed by atoms with Crippen LogP contribution in [0, 0.1) is 11.3 Å². The second kappa shape index (κ2) is 10.1. The number of nitrogens with zero attached hydrogens (tertiary/aromatic N) is 2. The molecule has 5 rings (SSSR count). The molecule has 2 aromatic heterocycles. The number of thiophene rings is 1. The molecule has 4 nitrogen and oxygen atoms in total. The Bertz CT molecular complexity index is 1490. The van der Waals surface area contributed by atoms with Gasteiger partial charge in [-0.3, -0.25) is 9.36 Å². The topological polar surface area (TPSA) is 44.1 Å². The summed E-state index contributed by atoms with van der Waals surface area (Å²) >= 11 is 15.7. The Kier molecular flexibility index (Phi) is 7.16. The van der Waals surface area contributed by atoms with Crippen LogP contribution in [0.5, 0.6) is 5.75 Å². The van der Waals surface area contributed by atoms with Crippen LogP contribution >= 0.6 is 46.3 Å². The van der Waals surface area contributed by atoms with E-state index in [4.69, 9.17) is 32.9 Å². The molecule has 0 saturated heterocycles. The van der Waals surface area contributed by atoms with E-state index in [0.717, 1.165) is 46.5 Å². The van der Waals surface area contributed by atoms with E-state index in [1.165, 1.54) is 22.2 Å². The number of rotatable bonds is 5. The van der Waals surface area contributed by atoms with E-state index in [9.17, 15) is 4.79 Å². The minimum atomic E-state index is -0.0124. The Morgan fingerprint density at radius 2 is 1.92 bits per heavy atom. The Morgan fingerprint density at radius 1 is 1.17 bits per heavy atom. The zero-order chi connectivity index (χ0) is 25.6. The lowest BCUT2D eigenvalue weighted by Gasteiger charge is -2.33. The molecule has 1 aliphatic carbocycles. The van der Waals surface area contributed by atoms with Crippen LogP contribution in [-0.4, -0.2) is 16.7 Å². The number of thioether (sulfide) groups is 1. The second-order valence-electron chi connectivity index (χ2n) is 10.2. The average Bonchev–Trinajstić information content (AvgIpc) is 3.21. The molecule has 0 saturated carbocycles. The summed E-state index contributed by atoms with van der Waals surface area (Å²) in [5, 5.41) is 2.62. The fourth-order valence-electron chi connectivity index (χ4n) is 4.78. The summed E-state index contributed by atoms with van der Waals surface area (Å²) in [7, 11) is 1.63. The summed E-state index contributed by atoms with van der Waals surface area (Å²) in [6, 6.07) is 13.0. The van der Waals surface area contributed by atoms with Crippen LogP contribution in [-0.2, 0) is 18.6 Å². The number of methoxy groups -OCH3 is 1. The van der Waals surface area contributed by atoms with Gasteiger partial charge in [-0.15, -0.1) is 11.3 Å². The third kappa shape index (κ3) is 4.93. The lowest BCUT2D eigenvalue weighted by atomic mass is 9.72. The standard InChI is InChI=1S/C28H28Cl2N2O2S2/c1-28(2,3)17-6-12-21-23(13-17)36-25-24(21)26(33)32(19-8-10-20(34-4)11-9-19)27(31-25)35-15-16-5-7-18(29)14-22(16)30/h5,7-11,14,17H,6,12-13,15H2,1-4H3. The summed E-state index contributed by atoms with van der Waals surface area (Å²) in [5.74, 6) is 1.91. The highest BCUT2D eigenvalue weighted by molar-refractivity contribution is 7.98. The number of halogens is 2. The zero-order valence-electron chi connectivity index (χ0n) is 20.7. The number of fused-ring (bicyclic) bond motifs is 3. The fourth-order valence-corrected chi connectivity index (χ4v) is 7.69. The maximum Gasteiger partial charge on any atom is 0.267 e. The van der Waals surface area contributed by atoms with Crippen LogP contribution in [0.2, 0.25) is 10.0 Å². The first-order chi connectivity index (χ1) is 17.2. The smallest absolute Gasteiger partial charge is 0.267 e. The molecule has 0 aliphatic heterocycles. The van der Waals surface area contributed by atoms with Crippen molar-refractivity contribution in [2.24, 2.45) is 11.3 Å². The molecule has 0 amide bonds. The highest BCUT2D eigenvalue weighted by atomic mass is 35.5. The molecule has 0 spiro atoms. The number of benzene rings is 2. The van der Waals surface area contributed by atoms with Gasteiger partial charge in [0.1, 0.15) is 10.6 Å². The minimum absolute atomic E-state index is 0.0124. The number of ether oxygens (including phenoxy) is 1. The molecule has 2 heterocycles. The van der Waals surface area contributed by atoms with Gasteiger partial charge in [0.15, 0.2) is 5.16 Å². The van der Waals surface area contributed by atoms with E-state index in [0.29, 0.717) is 26.9 Å². The van der Waals surface area contributed by atoms with Gasteiger partial charge in [-0.25, -0.2) is 4.98 Å². The van der Waals surface area contributed by atoms with Crippen LogP contribution in [0.3, 0.4) is 0 Å². The second-order valence-corrected chi connectivity index (χ2v) is 13.1. The molecule has 0 radical (unpaired) electrons. The van der Waals surface area contributed by atoms with Crippen LogP contribution in [0.1, 0.15) is 43.2 Å². The van der Waals surface area contributed by atoms with Crippen molar-refractivity contribution in [3.63, 3.8) is 0 Å². The fraction of sp³-hybridized carbons (Fsp3) is 0.357. The molecule has 188 valence electrons. The SMILES string of the molecule is COc1ccc(-n2c(SCc3ccc(Cl)cc3Cl)nc3sc4c(c3c2=O)CCC(C(C)(C)C)C4)cc1. The normalized spacial score (nSPS) is 15.8. The van der Waals surface area contributed by atoms with Gasteiger partial charge in [0.25, 0.3) is 5.56 Å². The van der Waals surface area contributed by atoms with E-state index < -0.39 is 0 Å². The largest absolute Gasteiger partial charge is 0.497 e. The van der Waals surface area contributed by atoms with E-state index >= 15 is 0 Å². The summed E-state index contributed by atoms with van der Waals surface area (Å²) in [4.78, 5) is 21.3. The van der Waals surface area contributed by atoms with Gasteiger partial charge in [-0.1, -0.05) is 61.8 Å². The monoisotopic (exact) mass is 558 g/mol. The van der Waals surface area contributed by atoms with Crippen molar-refractivity contribution in [1.29, 1.82) is 0 Å². The third-order valence-electron chi connectivity index (χ3n) is 6.98. The summed E-state index contributed by atoms with van der Waals surface area (Å²) in [6.45, 7) is 6.92. The lowest BCUT2D eigenvalue weighted by Crippen LogP contribution is -2.27. The Morgan fingerprint density at radius 3 is 2.58 bits per heavy atom. The van der Waals surface area contributed by atoms with Crippen LogP contribution in [0.15, 0.2) is 52.4 Å². The van der Waals surface area contributed by atoms with Crippen molar-refractivity contribution in [3.8, 4) is 11.4 Å². The highest BCUT2D eigenvalue weighted by Crippen LogP contribution is 2.42. The minimum Gasteiger partial charge on any atom is -0.497 e. The molecule has 0 N–H and O–H groups in total. The molecule has 36 heavy (non-hydrogen) atoms. The van der Waals surface area contributed by atoms with E-state index in [1.807, 2.05) is 36.4 Å². The first-order valence-electron chi connectivity index (χ1n) is 11.9. The number of aromatic nitrogens is 2. The summed E-state index contributed by atoms with van der Waals surface area (Å²) in [6.07, 6.45) is 3.02. The lowest BCUT2D eigenvalue weighted by molar-refractivity contribution is 0.218. The molecule has 4 aromatic rings. The molecule has 0 bridgehead atoms. The molecule has 8 heteroatoms. The van der Waals surface area contributed by atoms with Crippen molar-refractivity contribution < 1.29 is 4.74 Å². The number of hydrogen-bond acceptors (Lipinski definition) is 5. The predicted octanol–water partition coefficient (Wildman–Crippen LogP) is 8.21. The molecule has 2 aromatic carbocycles. The predicted molar refractivity (Wildman–Crippen MR) is 153 cm³/mol. The first-order valence-corrected chi connectivity index (χ1v) is 14.5. The van der Waals surface area contributed by atoms with Crippen molar-refractivity contribution in [2.75, 3.05) is 7.11 Å². The molecule has 1 unspecified atom stereocenters. The Labute approximate surface area is 229 Å². The number of aryl methyl sites for hydroxylation is 1. The Balaban J connectivity index is 1.62. The quantitative estimate of drug-likeness (QED) is 0.183. The van der Waals surface area contributed by atoms with Crippen molar-refractivity contribution in [3.05, 3.63) is 78.9 Å². The zero-order valence-corrected chi connectivity index (χ0v) is 23.9. The van der Waals surface area contributed by atoms with Gasteiger partial charge in [0.05, 0.1) is 18.2 Å². The van der Waals surface area contributed by atoms with Gasteiger partial charge in [-0.05, 0) is 78.1 Å². The van der Waals surface area contributed by atoms with Gasteiger partial charge in [0, 0.05) is 20.7 Å². The van der Waals surface area contributed by atoms with Crippen molar-refractivity contribution in [2.45, 2.75) is 50.9 Å². The van der Waals surface area contributed by atoms with E-state index in [2.05, 4.69) is 20.8 Å². The maximum absolute atomic E-state index is 14.1. The summed E-state index contributed by atoms with van der Waals surface area (Å²) in [5.41, 5.74) is 3.13. The average molecular weight is 560 g/mol. The van der Waals surface area contributed by atoms with Crippen molar-refractivity contribution in [1.82, 2.24) is 9.55 Å². The van der Waals surface area contributed by atoms with Crippen LogP contribution in [0.4, 0.5) is 0 Å². The molecule has 1 atom stereocenters. The van der Waals surface area contributed by atoms with Gasteiger partial charge in [0.2, 0.25) is 0 Å². The highest BCUT2D eigenvalue weighted by Gasteiger charge is 2.32. The number of hydrogen-bond donors (Lipinski definition) is 0.